The predicted octanol–water partition coefficient (Wildman–Crippen LogP) is 2.29. The van der Waals surface area contributed by atoms with Gasteiger partial charge in [0.2, 0.25) is 0 Å². The first-order chi connectivity index (χ1) is 9.14. The number of rotatable bonds is 3. The van der Waals surface area contributed by atoms with Crippen LogP contribution in [0.25, 0.3) is 0 Å². The third-order valence-electron chi connectivity index (χ3n) is 3.94. The molecule has 4 nitrogen and oxygen atoms in total. The molecule has 0 heterocycles. The van der Waals surface area contributed by atoms with E-state index in [4.69, 9.17) is 9.47 Å². The lowest BCUT2D eigenvalue weighted by Crippen LogP contribution is -2.39. The maximum absolute atomic E-state index is 12.0. The van der Waals surface area contributed by atoms with Crippen LogP contribution in [-0.2, 0) is 19.1 Å². The molecule has 1 aromatic carbocycles. The summed E-state index contributed by atoms with van der Waals surface area (Å²) >= 11 is 0. The fourth-order valence-electron chi connectivity index (χ4n) is 2.90. The maximum Gasteiger partial charge on any atom is 0.323 e. The molecule has 0 aliphatic heterocycles. The third kappa shape index (κ3) is 2.35. The first-order valence-electron chi connectivity index (χ1n) is 6.36. The van der Waals surface area contributed by atoms with Crippen molar-refractivity contribution in [3.63, 3.8) is 0 Å². The monoisotopic (exact) mass is 262 g/mol. The molecule has 0 spiro atoms. The molecule has 102 valence electrons. The van der Waals surface area contributed by atoms with Crippen LogP contribution in [0.2, 0.25) is 0 Å². The highest BCUT2D eigenvalue weighted by molar-refractivity contribution is 6.00. The summed E-state index contributed by atoms with van der Waals surface area (Å²) in [5.41, 5.74) is 0.0153. The molecule has 1 aromatic rings. The van der Waals surface area contributed by atoms with Crippen LogP contribution in [-0.4, -0.2) is 26.2 Å². The number of carbonyl (C=O) groups excluding carboxylic acids is 2. The van der Waals surface area contributed by atoms with Gasteiger partial charge in [-0.15, -0.1) is 0 Å². The van der Waals surface area contributed by atoms with Gasteiger partial charge in [0.15, 0.2) is 5.41 Å². The molecule has 4 heteroatoms. The molecule has 1 fully saturated rings. The van der Waals surface area contributed by atoms with Crippen molar-refractivity contribution < 1.29 is 19.1 Å². The smallest absolute Gasteiger partial charge is 0.323 e. The van der Waals surface area contributed by atoms with Crippen LogP contribution in [0, 0.1) is 5.41 Å². The predicted molar refractivity (Wildman–Crippen MR) is 69.5 cm³/mol. The molecule has 0 aromatic heterocycles. The minimum Gasteiger partial charge on any atom is -0.468 e. The number of methoxy groups -OCH3 is 2. The molecule has 1 aliphatic rings. The van der Waals surface area contributed by atoms with Gasteiger partial charge in [0, 0.05) is 0 Å². The molecule has 1 aliphatic carbocycles. The molecule has 0 amide bonds. The van der Waals surface area contributed by atoms with Crippen molar-refractivity contribution in [3.8, 4) is 0 Å². The van der Waals surface area contributed by atoms with Gasteiger partial charge in [0.1, 0.15) is 0 Å². The number of ether oxygens (including phenoxy) is 2. The summed E-state index contributed by atoms with van der Waals surface area (Å²) in [7, 11) is 2.62. The van der Waals surface area contributed by atoms with Crippen LogP contribution in [0.5, 0.6) is 0 Å². The second kappa shape index (κ2) is 5.43. The lowest BCUT2D eigenvalue weighted by atomic mass is 9.84. The minimum absolute atomic E-state index is 0.194. The number of hydrogen-bond donors (Lipinski definition) is 0. The summed E-state index contributed by atoms with van der Waals surface area (Å²) < 4.78 is 9.61. The summed E-state index contributed by atoms with van der Waals surface area (Å²) in [5.74, 6) is -0.782. The fourth-order valence-corrected chi connectivity index (χ4v) is 2.90. The van der Waals surface area contributed by atoms with Gasteiger partial charge in [-0.05, 0) is 30.7 Å². The fraction of sp³-hybridized carbons (Fsp3) is 0.467. The summed E-state index contributed by atoms with van der Waals surface area (Å²) in [4.78, 5) is 24.0. The van der Waals surface area contributed by atoms with E-state index in [2.05, 4.69) is 0 Å². The van der Waals surface area contributed by atoms with E-state index < -0.39 is 17.4 Å². The summed E-state index contributed by atoms with van der Waals surface area (Å²) in [6.07, 6.45) is 1.72. The van der Waals surface area contributed by atoms with E-state index in [1.807, 2.05) is 30.3 Å². The lowest BCUT2D eigenvalue weighted by molar-refractivity contribution is -0.168. The molecule has 0 N–H and O–H groups in total. The van der Waals surface area contributed by atoms with Crippen molar-refractivity contribution >= 4 is 11.9 Å². The van der Waals surface area contributed by atoms with E-state index in [-0.39, 0.29) is 5.92 Å². The molecular weight excluding hydrogens is 244 g/mol. The first-order valence-corrected chi connectivity index (χ1v) is 6.36. The third-order valence-corrected chi connectivity index (χ3v) is 3.94. The van der Waals surface area contributed by atoms with Gasteiger partial charge in [0.25, 0.3) is 0 Å². The summed E-state index contributed by atoms with van der Waals surface area (Å²) in [5, 5.41) is 0. The van der Waals surface area contributed by atoms with Crippen LogP contribution in [0.3, 0.4) is 0 Å². The van der Waals surface area contributed by atoms with Gasteiger partial charge in [-0.3, -0.25) is 9.59 Å². The largest absolute Gasteiger partial charge is 0.468 e. The average molecular weight is 262 g/mol. The molecule has 1 unspecified atom stereocenters. The number of esters is 2. The second-order valence-corrected chi connectivity index (χ2v) is 4.92. The minimum atomic E-state index is -1.13. The highest BCUT2D eigenvalue weighted by Gasteiger charge is 2.53. The zero-order valence-electron chi connectivity index (χ0n) is 11.2. The number of carbonyl (C=O) groups is 2. The van der Waals surface area contributed by atoms with E-state index in [1.165, 1.54) is 14.2 Å². The van der Waals surface area contributed by atoms with Gasteiger partial charge >= 0.3 is 11.9 Å². The first kappa shape index (κ1) is 13.6. The molecule has 0 bridgehead atoms. The topological polar surface area (TPSA) is 52.6 Å². The van der Waals surface area contributed by atoms with E-state index in [9.17, 15) is 9.59 Å². The molecule has 2 rings (SSSR count). The van der Waals surface area contributed by atoms with Gasteiger partial charge in [-0.1, -0.05) is 30.3 Å². The van der Waals surface area contributed by atoms with Crippen molar-refractivity contribution in [1.82, 2.24) is 0 Å². The van der Waals surface area contributed by atoms with Crippen molar-refractivity contribution in [2.45, 2.75) is 25.2 Å². The second-order valence-electron chi connectivity index (χ2n) is 4.92. The number of benzene rings is 1. The number of hydrogen-bond acceptors (Lipinski definition) is 4. The zero-order chi connectivity index (χ0) is 13.9. The standard InChI is InChI=1S/C15H18O4/c1-18-13(16)15(14(17)19-2)9-8-12(10-15)11-6-4-3-5-7-11/h3-7,12H,8-10H2,1-2H3. The lowest BCUT2D eigenvalue weighted by Gasteiger charge is -2.23. The van der Waals surface area contributed by atoms with Crippen LogP contribution in [0.4, 0.5) is 0 Å². The Morgan fingerprint density at radius 1 is 1.11 bits per heavy atom. The molecule has 0 saturated heterocycles. The Labute approximate surface area is 112 Å². The Morgan fingerprint density at radius 2 is 1.68 bits per heavy atom. The highest BCUT2D eigenvalue weighted by Crippen LogP contribution is 2.48. The van der Waals surface area contributed by atoms with Gasteiger partial charge in [0.05, 0.1) is 14.2 Å². The Bertz CT molecular complexity index is 450. The summed E-state index contributed by atoms with van der Waals surface area (Å²) in [6, 6.07) is 9.92. The van der Waals surface area contributed by atoms with Gasteiger partial charge in [-0.25, -0.2) is 0 Å². The van der Waals surface area contributed by atoms with E-state index in [1.54, 1.807) is 0 Å². The molecule has 0 radical (unpaired) electrons. The van der Waals surface area contributed by atoms with Crippen molar-refractivity contribution in [3.05, 3.63) is 35.9 Å². The van der Waals surface area contributed by atoms with Crippen molar-refractivity contribution in [2.24, 2.45) is 5.41 Å². The Morgan fingerprint density at radius 3 is 2.21 bits per heavy atom. The van der Waals surface area contributed by atoms with Gasteiger partial charge < -0.3 is 9.47 Å². The maximum atomic E-state index is 12.0. The zero-order valence-corrected chi connectivity index (χ0v) is 11.2. The highest BCUT2D eigenvalue weighted by atomic mass is 16.5. The molecule has 1 atom stereocenters. The van der Waals surface area contributed by atoms with Crippen LogP contribution >= 0.6 is 0 Å². The quantitative estimate of drug-likeness (QED) is 0.619. The average Bonchev–Trinajstić information content (AvgIpc) is 2.93. The van der Waals surface area contributed by atoms with Crippen LogP contribution in [0.15, 0.2) is 30.3 Å². The Hall–Kier alpha value is -1.84. The van der Waals surface area contributed by atoms with Crippen LogP contribution < -0.4 is 0 Å². The van der Waals surface area contributed by atoms with Crippen molar-refractivity contribution in [1.29, 1.82) is 0 Å². The van der Waals surface area contributed by atoms with Gasteiger partial charge in [-0.2, -0.15) is 0 Å². The molecular formula is C15H18O4. The van der Waals surface area contributed by atoms with Crippen LogP contribution in [0.1, 0.15) is 30.7 Å². The molecule has 1 saturated carbocycles. The Balaban J connectivity index is 2.25. The van der Waals surface area contributed by atoms with E-state index in [0.29, 0.717) is 12.8 Å². The Kier molecular flexibility index (Phi) is 3.88. The summed E-state index contributed by atoms with van der Waals surface area (Å²) in [6.45, 7) is 0. The SMILES string of the molecule is COC(=O)C1(C(=O)OC)CCC(c2ccccc2)C1. The normalized spacial score (nSPS) is 20.8. The van der Waals surface area contributed by atoms with Crippen molar-refractivity contribution in [2.75, 3.05) is 14.2 Å². The van der Waals surface area contributed by atoms with E-state index >= 15 is 0 Å². The molecule has 19 heavy (non-hydrogen) atoms. The van der Waals surface area contributed by atoms with E-state index in [0.717, 1.165) is 12.0 Å².